The van der Waals surface area contributed by atoms with Gasteiger partial charge < -0.3 is 20.9 Å². The van der Waals surface area contributed by atoms with Gasteiger partial charge in [-0.1, -0.05) is 11.2 Å². The van der Waals surface area contributed by atoms with E-state index in [1.54, 1.807) is 18.2 Å². The third-order valence-electron chi connectivity index (χ3n) is 2.83. The predicted octanol–water partition coefficient (Wildman–Crippen LogP) is 1.80. The SMILES string of the molecule is CNC(C)Cc1noc(-c2cccc(NC(N)=O)c2)n1.Cl. The van der Waals surface area contributed by atoms with E-state index in [2.05, 4.69) is 20.8 Å². The van der Waals surface area contributed by atoms with Gasteiger partial charge in [-0.15, -0.1) is 12.4 Å². The zero-order valence-electron chi connectivity index (χ0n) is 11.8. The first kappa shape index (κ1) is 16.9. The van der Waals surface area contributed by atoms with Crippen molar-refractivity contribution in [3.63, 3.8) is 0 Å². The summed E-state index contributed by atoms with van der Waals surface area (Å²) in [5.74, 6) is 1.05. The molecule has 0 fully saturated rings. The van der Waals surface area contributed by atoms with Crippen LogP contribution in [0.1, 0.15) is 12.7 Å². The van der Waals surface area contributed by atoms with Crippen molar-refractivity contribution in [1.82, 2.24) is 15.5 Å². The molecule has 1 aromatic carbocycles. The monoisotopic (exact) mass is 311 g/mol. The predicted molar refractivity (Wildman–Crippen MR) is 82.4 cm³/mol. The Morgan fingerprint density at radius 1 is 1.48 bits per heavy atom. The number of anilines is 1. The van der Waals surface area contributed by atoms with Crippen LogP contribution in [0.25, 0.3) is 11.5 Å². The molecule has 0 aliphatic heterocycles. The lowest BCUT2D eigenvalue weighted by molar-refractivity contribution is 0.259. The number of benzene rings is 1. The minimum atomic E-state index is -0.615. The maximum Gasteiger partial charge on any atom is 0.316 e. The van der Waals surface area contributed by atoms with Crippen LogP contribution in [0.4, 0.5) is 10.5 Å². The largest absolute Gasteiger partial charge is 0.351 e. The first-order chi connectivity index (χ1) is 9.58. The van der Waals surface area contributed by atoms with E-state index in [0.29, 0.717) is 23.8 Å². The Bertz CT molecular complexity index is 602. The number of primary amides is 1. The minimum absolute atomic E-state index is 0. The zero-order valence-corrected chi connectivity index (χ0v) is 12.6. The van der Waals surface area contributed by atoms with Crippen LogP contribution in [-0.2, 0) is 6.42 Å². The van der Waals surface area contributed by atoms with Gasteiger partial charge in [0.2, 0.25) is 0 Å². The van der Waals surface area contributed by atoms with E-state index < -0.39 is 6.03 Å². The number of halogens is 1. The lowest BCUT2D eigenvalue weighted by Gasteiger charge is -2.04. The standard InChI is InChI=1S/C13H17N5O2.ClH/c1-8(15-2)6-11-17-12(20-18-11)9-4-3-5-10(7-9)16-13(14)19;/h3-5,7-8,15H,6H2,1-2H3,(H3,14,16,19);1H. The average molecular weight is 312 g/mol. The van der Waals surface area contributed by atoms with Gasteiger partial charge >= 0.3 is 6.03 Å². The van der Waals surface area contributed by atoms with Gasteiger partial charge in [0.15, 0.2) is 5.82 Å². The Labute approximate surface area is 128 Å². The highest BCUT2D eigenvalue weighted by molar-refractivity contribution is 5.88. The molecule has 0 aliphatic carbocycles. The fourth-order valence-corrected chi connectivity index (χ4v) is 1.70. The Balaban J connectivity index is 0.00000220. The molecule has 1 unspecified atom stereocenters. The van der Waals surface area contributed by atoms with Gasteiger partial charge in [0.05, 0.1) is 0 Å². The summed E-state index contributed by atoms with van der Waals surface area (Å²) in [4.78, 5) is 15.2. The molecule has 2 rings (SSSR count). The third kappa shape index (κ3) is 4.73. The number of nitrogens with two attached hydrogens (primary N) is 1. The molecule has 0 saturated heterocycles. The molecule has 0 spiro atoms. The normalized spacial score (nSPS) is 11.5. The number of carbonyl (C=O) groups excluding carboxylic acids is 1. The fourth-order valence-electron chi connectivity index (χ4n) is 1.70. The summed E-state index contributed by atoms with van der Waals surface area (Å²) in [7, 11) is 1.88. The van der Waals surface area contributed by atoms with Crippen molar-refractivity contribution in [2.75, 3.05) is 12.4 Å². The Morgan fingerprint density at radius 2 is 2.24 bits per heavy atom. The van der Waals surface area contributed by atoms with Crippen LogP contribution < -0.4 is 16.4 Å². The second-order valence-corrected chi connectivity index (χ2v) is 4.48. The van der Waals surface area contributed by atoms with Crippen LogP contribution in [0.5, 0.6) is 0 Å². The molecule has 2 aromatic rings. The highest BCUT2D eigenvalue weighted by atomic mass is 35.5. The number of urea groups is 1. The Hall–Kier alpha value is -2.12. The molecule has 114 valence electrons. The van der Waals surface area contributed by atoms with E-state index in [0.717, 1.165) is 5.56 Å². The van der Waals surface area contributed by atoms with E-state index >= 15 is 0 Å². The summed E-state index contributed by atoms with van der Waals surface area (Å²) in [6.07, 6.45) is 0.680. The molecule has 1 aromatic heterocycles. The van der Waals surface area contributed by atoms with E-state index in [4.69, 9.17) is 10.3 Å². The molecular weight excluding hydrogens is 294 g/mol. The molecule has 0 aliphatic rings. The molecule has 0 radical (unpaired) electrons. The summed E-state index contributed by atoms with van der Waals surface area (Å²) in [5, 5.41) is 9.55. The van der Waals surface area contributed by atoms with Crippen molar-refractivity contribution in [2.24, 2.45) is 5.73 Å². The zero-order chi connectivity index (χ0) is 14.5. The van der Waals surface area contributed by atoms with Crippen molar-refractivity contribution in [2.45, 2.75) is 19.4 Å². The van der Waals surface area contributed by atoms with Gasteiger partial charge in [0.25, 0.3) is 5.89 Å². The van der Waals surface area contributed by atoms with Gasteiger partial charge in [0.1, 0.15) is 0 Å². The van der Waals surface area contributed by atoms with Gasteiger partial charge in [0, 0.05) is 23.7 Å². The van der Waals surface area contributed by atoms with Crippen LogP contribution in [0.3, 0.4) is 0 Å². The molecular formula is C13H18ClN5O2. The maximum atomic E-state index is 10.8. The van der Waals surface area contributed by atoms with Crippen LogP contribution in [0.15, 0.2) is 28.8 Å². The second kappa shape index (κ2) is 7.61. The Kier molecular flexibility index (Phi) is 6.13. The molecule has 21 heavy (non-hydrogen) atoms. The number of likely N-dealkylation sites (N-methyl/N-ethyl adjacent to an activating group) is 1. The van der Waals surface area contributed by atoms with Crippen LogP contribution in [-0.4, -0.2) is 29.3 Å². The van der Waals surface area contributed by atoms with Gasteiger partial charge in [-0.05, 0) is 32.2 Å². The third-order valence-corrected chi connectivity index (χ3v) is 2.83. The fraction of sp³-hybridized carbons (Fsp3) is 0.308. The average Bonchev–Trinajstić information content (AvgIpc) is 2.86. The summed E-state index contributed by atoms with van der Waals surface area (Å²) < 4.78 is 5.22. The van der Waals surface area contributed by atoms with Gasteiger partial charge in [-0.2, -0.15) is 4.98 Å². The highest BCUT2D eigenvalue weighted by Crippen LogP contribution is 2.21. The van der Waals surface area contributed by atoms with E-state index in [1.165, 1.54) is 0 Å². The number of carbonyl (C=O) groups is 1. The molecule has 8 heteroatoms. The van der Waals surface area contributed by atoms with Crippen molar-refractivity contribution in [3.05, 3.63) is 30.1 Å². The molecule has 0 saturated carbocycles. The smallest absolute Gasteiger partial charge is 0.316 e. The number of hydrogen-bond acceptors (Lipinski definition) is 5. The van der Waals surface area contributed by atoms with Crippen molar-refractivity contribution in [3.8, 4) is 11.5 Å². The number of nitrogens with zero attached hydrogens (tertiary/aromatic N) is 2. The maximum absolute atomic E-state index is 10.8. The topological polar surface area (TPSA) is 106 Å². The minimum Gasteiger partial charge on any atom is -0.351 e. The molecule has 1 atom stereocenters. The van der Waals surface area contributed by atoms with Gasteiger partial charge in [-0.25, -0.2) is 4.79 Å². The summed E-state index contributed by atoms with van der Waals surface area (Å²) >= 11 is 0. The van der Waals surface area contributed by atoms with Gasteiger partial charge in [-0.3, -0.25) is 0 Å². The number of aromatic nitrogens is 2. The molecule has 4 N–H and O–H groups in total. The number of hydrogen-bond donors (Lipinski definition) is 3. The quantitative estimate of drug-likeness (QED) is 0.780. The highest BCUT2D eigenvalue weighted by Gasteiger charge is 2.11. The number of amides is 2. The lowest BCUT2D eigenvalue weighted by Crippen LogP contribution is -2.24. The van der Waals surface area contributed by atoms with E-state index in [9.17, 15) is 4.79 Å². The molecule has 7 nitrogen and oxygen atoms in total. The van der Waals surface area contributed by atoms with Crippen LogP contribution in [0, 0.1) is 0 Å². The van der Waals surface area contributed by atoms with Crippen LogP contribution >= 0.6 is 12.4 Å². The summed E-state index contributed by atoms with van der Waals surface area (Å²) in [6.45, 7) is 2.04. The van der Waals surface area contributed by atoms with E-state index in [-0.39, 0.29) is 18.4 Å². The number of rotatable bonds is 5. The Morgan fingerprint density at radius 3 is 2.90 bits per heavy atom. The number of nitrogens with one attached hydrogen (secondary N) is 2. The lowest BCUT2D eigenvalue weighted by atomic mass is 10.2. The first-order valence-electron chi connectivity index (χ1n) is 6.25. The summed E-state index contributed by atoms with van der Waals surface area (Å²) in [6, 6.07) is 6.71. The van der Waals surface area contributed by atoms with Crippen molar-refractivity contribution in [1.29, 1.82) is 0 Å². The van der Waals surface area contributed by atoms with E-state index in [1.807, 2.05) is 20.0 Å². The first-order valence-corrected chi connectivity index (χ1v) is 6.25. The molecule has 0 bridgehead atoms. The summed E-state index contributed by atoms with van der Waals surface area (Å²) in [5.41, 5.74) is 6.39. The van der Waals surface area contributed by atoms with Crippen LogP contribution in [0.2, 0.25) is 0 Å². The van der Waals surface area contributed by atoms with Crippen molar-refractivity contribution >= 4 is 24.1 Å². The second-order valence-electron chi connectivity index (χ2n) is 4.48. The molecule has 2 amide bonds. The van der Waals surface area contributed by atoms with Crippen molar-refractivity contribution < 1.29 is 9.32 Å². The molecule has 1 heterocycles.